The van der Waals surface area contributed by atoms with E-state index in [2.05, 4.69) is 10.1 Å². The van der Waals surface area contributed by atoms with Crippen LogP contribution in [0.3, 0.4) is 0 Å². The van der Waals surface area contributed by atoms with Gasteiger partial charge in [0.2, 0.25) is 0 Å². The van der Waals surface area contributed by atoms with Gasteiger partial charge in [0.05, 0.1) is 5.56 Å². The first-order valence-corrected chi connectivity index (χ1v) is 5.05. The normalized spacial score (nSPS) is 9.88. The highest BCUT2D eigenvalue weighted by Gasteiger charge is 2.01. The van der Waals surface area contributed by atoms with Crippen molar-refractivity contribution < 1.29 is 19.4 Å². The zero-order valence-corrected chi connectivity index (χ0v) is 9.18. The van der Waals surface area contributed by atoms with Gasteiger partial charge in [0, 0.05) is 13.1 Å². The molecule has 0 bridgehead atoms. The van der Waals surface area contributed by atoms with Crippen molar-refractivity contribution in [2.75, 3.05) is 13.2 Å². The number of carbonyl (C=O) groups is 2. The van der Waals surface area contributed by atoms with Gasteiger partial charge in [-0.3, -0.25) is 0 Å². The second kappa shape index (κ2) is 6.49. The molecule has 0 aromatic heterocycles. The summed E-state index contributed by atoms with van der Waals surface area (Å²) in [5.74, 6) is -0.945. The lowest BCUT2D eigenvalue weighted by Crippen LogP contribution is -2.23. The van der Waals surface area contributed by atoms with Crippen molar-refractivity contribution in [3.63, 3.8) is 0 Å². The molecule has 0 saturated heterocycles. The molecule has 0 unspecified atom stereocenters. The van der Waals surface area contributed by atoms with E-state index in [1.165, 1.54) is 0 Å². The van der Waals surface area contributed by atoms with Crippen molar-refractivity contribution >= 4 is 12.1 Å². The second-order valence-corrected chi connectivity index (χ2v) is 3.35. The average molecular weight is 238 g/mol. The maximum atomic E-state index is 10.6. The van der Waals surface area contributed by atoms with Crippen LogP contribution >= 0.6 is 0 Å². The molecule has 1 rings (SSSR count). The average Bonchev–Trinajstić information content (AvgIpc) is 2.29. The number of carbonyl (C=O) groups excluding carboxylic acids is 1. The van der Waals surface area contributed by atoms with Crippen LogP contribution < -0.4 is 11.1 Å². The molecule has 0 aliphatic carbocycles. The molecule has 0 spiro atoms. The van der Waals surface area contributed by atoms with Crippen LogP contribution in [-0.2, 0) is 11.3 Å². The molecule has 1 aromatic rings. The molecule has 1 amide bonds. The third kappa shape index (κ3) is 4.98. The number of nitrogens with one attached hydrogen (secondary N) is 1. The number of aromatic carboxylic acids is 1. The van der Waals surface area contributed by atoms with Gasteiger partial charge in [0.15, 0.2) is 0 Å². The summed E-state index contributed by atoms with van der Waals surface area (Å²) in [6.45, 7) is 1.27. The van der Waals surface area contributed by atoms with Crippen LogP contribution in [0.5, 0.6) is 0 Å². The summed E-state index contributed by atoms with van der Waals surface area (Å²) in [4.78, 5) is 20.8. The highest BCUT2D eigenvalue weighted by atomic mass is 16.5. The molecule has 0 heterocycles. The molecule has 17 heavy (non-hydrogen) atoms. The van der Waals surface area contributed by atoms with Gasteiger partial charge >= 0.3 is 12.1 Å². The van der Waals surface area contributed by atoms with E-state index < -0.39 is 12.1 Å². The number of hydrogen-bond donors (Lipinski definition) is 3. The Kier molecular flexibility index (Phi) is 4.96. The number of ether oxygens (including phenoxy) is 1. The van der Waals surface area contributed by atoms with Crippen LogP contribution in [0, 0.1) is 0 Å². The zero-order chi connectivity index (χ0) is 12.7. The van der Waals surface area contributed by atoms with Gasteiger partial charge in [0.1, 0.15) is 6.61 Å². The van der Waals surface area contributed by atoms with Gasteiger partial charge in [-0.2, -0.15) is 0 Å². The number of amides is 1. The second-order valence-electron chi connectivity index (χ2n) is 3.35. The van der Waals surface area contributed by atoms with Crippen molar-refractivity contribution in [3.8, 4) is 0 Å². The Morgan fingerprint density at radius 2 is 1.94 bits per heavy atom. The molecule has 6 heteroatoms. The van der Waals surface area contributed by atoms with Crippen molar-refractivity contribution in [3.05, 3.63) is 35.4 Å². The fraction of sp³-hybridized carbons (Fsp3) is 0.273. The SMILES string of the molecule is NC(=O)OCCNCc1ccc(C(=O)O)cc1. The van der Waals surface area contributed by atoms with E-state index in [0.717, 1.165) is 5.56 Å². The van der Waals surface area contributed by atoms with Crippen molar-refractivity contribution in [1.82, 2.24) is 5.32 Å². The van der Waals surface area contributed by atoms with Gasteiger partial charge in [-0.05, 0) is 17.7 Å². The molecule has 0 fully saturated rings. The minimum atomic E-state index is -0.945. The van der Waals surface area contributed by atoms with Gasteiger partial charge in [-0.25, -0.2) is 9.59 Å². The number of hydrogen-bond acceptors (Lipinski definition) is 4. The van der Waals surface area contributed by atoms with E-state index >= 15 is 0 Å². The summed E-state index contributed by atoms with van der Waals surface area (Å²) >= 11 is 0. The first kappa shape index (κ1) is 13.0. The van der Waals surface area contributed by atoms with Crippen LogP contribution in [0.2, 0.25) is 0 Å². The lowest BCUT2D eigenvalue weighted by atomic mass is 10.1. The Labute approximate surface area is 98.4 Å². The van der Waals surface area contributed by atoms with E-state index in [4.69, 9.17) is 10.8 Å². The van der Waals surface area contributed by atoms with Crippen molar-refractivity contribution in [1.29, 1.82) is 0 Å². The number of rotatable bonds is 6. The third-order valence-electron chi connectivity index (χ3n) is 2.05. The third-order valence-corrected chi connectivity index (χ3v) is 2.05. The quantitative estimate of drug-likeness (QED) is 0.629. The number of carboxylic acid groups (broad SMARTS) is 1. The predicted octanol–water partition coefficient (Wildman–Crippen LogP) is 0.570. The Morgan fingerprint density at radius 1 is 1.29 bits per heavy atom. The first-order chi connectivity index (χ1) is 8.09. The number of primary amides is 1. The molecule has 4 N–H and O–H groups in total. The molecular weight excluding hydrogens is 224 g/mol. The minimum Gasteiger partial charge on any atom is -0.478 e. The smallest absolute Gasteiger partial charge is 0.404 e. The summed E-state index contributed by atoms with van der Waals surface area (Å²) in [7, 11) is 0. The molecule has 92 valence electrons. The molecule has 6 nitrogen and oxygen atoms in total. The highest BCUT2D eigenvalue weighted by molar-refractivity contribution is 5.87. The summed E-state index contributed by atoms with van der Waals surface area (Å²) in [5.41, 5.74) is 5.99. The summed E-state index contributed by atoms with van der Waals surface area (Å²) in [6, 6.07) is 6.54. The molecule has 0 atom stereocenters. The van der Waals surface area contributed by atoms with Crippen LogP contribution in [0.15, 0.2) is 24.3 Å². The van der Waals surface area contributed by atoms with Crippen molar-refractivity contribution in [2.24, 2.45) is 5.73 Å². The van der Waals surface area contributed by atoms with E-state index in [1.807, 2.05) is 0 Å². The van der Waals surface area contributed by atoms with Gasteiger partial charge < -0.3 is 20.9 Å². The van der Waals surface area contributed by atoms with Crippen LogP contribution in [0.1, 0.15) is 15.9 Å². The number of benzene rings is 1. The van der Waals surface area contributed by atoms with Gasteiger partial charge in [-0.15, -0.1) is 0 Å². The predicted molar refractivity (Wildman–Crippen MR) is 60.6 cm³/mol. The van der Waals surface area contributed by atoms with Crippen LogP contribution in [0.4, 0.5) is 4.79 Å². The van der Waals surface area contributed by atoms with E-state index in [-0.39, 0.29) is 12.2 Å². The Hall–Kier alpha value is -2.08. The largest absolute Gasteiger partial charge is 0.478 e. The molecule has 0 radical (unpaired) electrons. The summed E-state index contributed by atoms with van der Waals surface area (Å²) in [5, 5.41) is 11.7. The summed E-state index contributed by atoms with van der Waals surface area (Å²) < 4.78 is 4.53. The van der Waals surface area contributed by atoms with Crippen LogP contribution in [0.25, 0.3) is 0 Å². The minimum absolute atomic E-state index is 0.211. The zero-order valence-electron chi connectivity index (χ0n) is 9.18. The molecular formula is C11H14N2O4. The Morgan fingerprint density at radius 3 is 2.47 bits per heavy atom. The summed E-state index contributed by atoms with van der Waals surface area (Å²) in [6.07, 6.45) is -0.794. The monoisotopic (exact) mass is 238 g/mol. The molecule has 0 aliphatic heterocycles. The molecule has 0 aliphatic rings. The maximum Gasteiger partial charge on any atom is 0.404 e. The van der Waals surface area contributed by atoms with E-state index in [0.29, 0.717) is 13.1 Å². The molecule has 0 saturated carbocycles. The maximum absolute atomic E-state index is 10.6. The Bertz CT molecular complexity index is 389. The number of carboxylic acids is 1. The fourth-order valence-corrected chi connectivity index (χ4v) is 1.22. The molecule has 1 aromatic carbocycles. The Balaban J connectivity index is 2.27. The van der Waals surface area contributed by atoms with Crippen molar-refractivity contribution in [2.45, 2.75) is 6.54 Å². The van der Waals surface area contributed by atoms with E-state index in [1.54, 1.807) is 24.3 Å². The topological polar surface area (TPSA) is 102 Å². The number of nitrogens with two attached hydrogens (primary N) is 1. The lowest BCUT2D eigenvalue weighted by molar-refractivity contribution is 0.0697. The van der Waals surface area contributed by atoms with E-state index in [9.17, 15) is 9.59 Å². The standard InChI is InChI=1S/C11H14N2O4/c12-11(16)17-6-5-13-7-8-1-3-9(4-2-8)10(14)15/h1-4,13H,5-7H2,(H2,12,16)(H,14,15). The lowest BCUT2D eigenvalue weighted by Gasteiger charge is -2.05. The van der Waals surface area contributed by atoms with Gasteiger partial charge in [-0.1, -0.05) is 12.1 Å². The van der Waals surface area contributed by atoms with Gasteiger partial charge in [0.25, 0.3) is 0 Å². The van der Waals surface area contributed by atoms with Crippen LogP contribution in [-0.4, -0.2) is 30.3 Å². The fourth-order valence-electron chi connectivity index (χ4n) is 1.22. The first-order valence-electron chi connectivity index (χ1n) is 5.05. The highest BCUT2D eigenvalue weighted by Crippen LogP contribution is 2.03.